The fourth-order valence-corrected chi connectivity index (χ4v) is 2.66. The molecule has 0 aromatic carbocycles. The van der Waals surface area contributed by atoms with Gasteiger partial charge in [0.1, 0.15) is 6.61 Å². The third-order valence-electron chi connectivity index (χ3n) is 2.31. The van der Waals surface area contributed by atoms with Gasteiger partial charge >= 0.3 is 29.6 Å². The Morgan fingerprint density at radius 2 is 2.16 bits per heavy atom. The van der Waals surface area contributed by atoms with Crippen molar-refractivity contribution in [2.24, 2.45) is 0 Å². The van der Waals surface area contributed by atoms with Gasteiger partial charge in [-0.25, -0.2) is 0 Å². The van der Waals surface area contributed by atoms with E-state index in [0.717, 1.165) is 11.5 Å². The second kappa shape index (κ2) is 7.82. The Morgan fingerprint density at radius 1 is 1.42 bits per heavy atom. The molecule has 1 aromatic heterocycles. The molecule has 2 heterocycles. The zero-order valence-corrected chi connectivity index (χ0v) is 11.2. The van der Waals surface area contributed by atoms with Crippen molar-refractivity contribution >= 4 is 51.0 Å². The number of fused-ring (bicyclic) bond motifs is 1. The molecule has 0 saturated carbocycles. The van der Waals surface area contributed by atoms with Crippen LogP contribution in [0.5, 0.6) is 11.5 Å². The van der Waals surface area contributed by atoms with Crippen molar-refractivity contribution in [1.82, 2.24) is 0 Å². The Morgan fingerprint density at radius 3 is 2.89 bits per heavy atom. The molecule has 0 saturated heterocycles. The van der Waals surface area contributed by atoms with Crippen LogP contribution in [0.4, 0.5) is 0 Å². The molecule has 0 spiro atoms. The molecule has 0 fully saturated rings. The second-order valence-electron chi connectivity index (χ2n) is 3.87. The number of hydrogen-bond acceptors (Lipinski definition) is 6. The summed E-state index contributed by atoms with van der Waals surface area (Å²) >= 11 is 1.51. The Kier molecular flexibility index (Phi) is 7.09. The van der Waals surface area contributed by atoms with Crippen molar-refractivity contribution in [3.8, 4) is 11.5 Å². The van der Waals surface area contributed by atoms with E-state index in [0.29, 0.717) is 13.2 Å². The molecule has 9 heteroatoms. The Hall–Kier alpha value is 0.170. The predicted octanol–water partition coefficient (Wildman–Crippen LogP) is 0.534. The summed E-state index contributed by atoms with van der Waals surface area (Å²) < 4.78 is 45.8. The quantitative estimate of drug-likeness (QED) is 0.468. The van der Waals surface area contributed by atoms with Crippen LogP contribution in [0.2, 0.25) is 0 Å². The molecule has 0 radical (unpaired) electrons. The summed E-state index contributed by atoms with van der Waals surface area (Å²) in [5, 5.41) is 3.73. The van der Waals surface area contributed by atoms with E-state index < -0.39 is 10.1 Å². The predicted molar refractivity (Wildman–Crippen MR) is 73.2 cm³/mol. The zero-order valence-electron chi connectivity index (χ0n) is 9.57. The molecule has 6 nitrogen and oxygen atoms in total. The van der Waals surface area contributed by atoms with Crippen LogP contribution in [-0.2, 0) is 14.9 Å². The number of rotatable bonds is 6. The van der Waals surface area contributed by atoms with Gasteiger partial charge in [-0.15, -0.1) is 11.3 Å². The van der Waals surface area contributed by atoms with Crippen LogP contribution in [0.3, 0.4) is 0 Å². The second-order valence-corrected chi connectivity index (χ2v) is 6.18. The first-order chi connectivity index (χ1) is 8.54. The van der Waals surface area contributed by atoms with Gasteiger partial charge in [0.25, 0.3) is 10.1 Å². The maximum absolute atomic E-state index is 10.5. The minimum atomic E-state index is -3.90. The Labute approximate surface area is 138 Å². The van der Waals surface area contributed by atoms with Crippen LogP contribution in [0, 0.1) is 0 Å². The van der Waals surface area contributed by atoms with Crippen molar-refractivity contribution in [1.29, 1.82) is 0 Å². The minimum absolute atomic E-state index is 0. The fourth-order valence-electron chi connectivity index (χ4n) is 1.50. The summed E-state index contributed by atoms with van der Waals surface area (Å²) in [5.41, 5.74) is 0. The van der Waals surface area contributed by atoms with Crippen LogP contribution in [0.25, 0.3) is 0 Å². The Bertz CT molecular complexity index is 486. The number of ether oxygens (including phenoxy) is 3. The average molecular weight is 318 g/mol. The third-order valence-corrected chi connectivity index (χ3v) is 3.81. The molecule has 0 amide bonds. The number of hydrogen-bond donors (Lipinski definition) is 1. The molecular weight excluding hydrogens is 303 g/mol. The first-order valence-electron chi connectivity index (χ1n) is 5.43. The van der Waals surface area contributed by atoms with E-state index in [-0.39, 0.29) is 54.4 Å². The van der Waals surface area contributed by atoms with E-state index in [1.807, 2.05) is 10.8 Å². The molecule has 19 heavy (non-hydrogen) atoms. The molecule has 1 N–H and O–H groups in total. The van der Waals surface area contributed by atoms with Gasteiger partial charge in [-0.2, -0.15) is 8.42 Å². The third kappa shape index (κ3) is 5.99. The Balaban J connectivity index is 0.00000180. The first kappa shape index (κ1) is 17.2. The summed E-state index contributed by atoms with van der Waals surface area (Å²) in [7, 11) is -3.90. The van der Waals surface area contributed by atoms with Crippen molar-refractivity contribution in [2.75, 3.05) is 25.6 Å². The molecular formula is C10H15NaO6S2. The standard InChI is InChI=1S/C10H14O6S2.Na.H/c11-18(12,13)3-1-2-14-4-8-5-15-9-6-17-7-10(9)16-8;;/h6-8H,1-5H2,(H,11,12,13);;. The van der Waals surface area contributed by atoms with Gasteiger partial charge in [0.15, 0.2) is 17.6 Å². The van der Waals surface area contributed by atoms with Crippen molar-refractivity contribution < 1.29 is 27.2 Å². The molecule has 0 bridgehead atoms. The summed E-state index contributed by atoms with van der Waals surface area (Å²) in [4.78, 5) is 0. The van der Waals surface area contributed by atoms with Gasteiger partial charge in [0, 0.05) is 17.4 Å². The fraction of sp³-hybridized carbons (Fsp3) is 0.600. The van der Waals surface area contributed by atoms with E-state index >= 15 is 0 Å². The van der Waals surface area contributed by atoms with Crippen LogP contribution < -0.4 is 9.47 Å². The van der Waals surface area contributed by atoms with E-state index in [1.165, 1.54) is 11.3 Å². The number of thiophene rings is 1. The SMILES string of the molecule is O=S(=O)(O)CCCOCC1COc2cscc2O1.[NaH]. The summed E-state index contributed by atoms with van der Waals surface area (Å²) in [6.07, 6.45) is 0.0775. The maximum atomic E-state index is 10.5. The molecule has 0 aliphatic carbocycles. The van der Waals surface area contributed by atoms with Gasteiger partial charge < -0.3 is 14.2 Å². The van der Waals surface area contributed by atoms with Crippen LogP contribution in [0.1, 0.15) is 6.42 Å². The van der Waals surface area contributed by atoms with Gasteiger partial charge in [-0.3, -0.25) is 4.55 Å². The molecule has 1 unspecified atom stereocenters. The molecule has 1 atom stereocenters. The van der Waals surface area contributed by atoms with Crippen molar-refractivity contribution in [3.05, 3.63) is 10.8 Å². The van der Waals surface area contributed by atoms with E-state index in [4.69, 9.17) is 18.8 Å². The normalized spacial score (nSPS) is 17.8. The van der Waals surface area contributed by atoms with Crippen LogP contribution in [-0.4, -0.2) is 74.2 Å². The molecule has 2 rings (SSSR count). The van der Waals surface area contributed by atoms with E-state index in [1.54, 1.807) is 0 Å². The van der Waals surface area contributed by atoms with Crippen molar-refractivity contribution in [2.45, 2.75) is 12.5 Å². The monoisotopic (exact) mass is 318 g/mol. The van der Waals surface area contributed by atoms with Gasteiger partial charge in [-0.1, -0.05) is 0 Å². The zero-order chi connectivity index (χ0) is 13.0. The topological polar surface area (TPSA) is 82.1 Å². The van der Waals surface area contributed by atoms with Crippen LogP contribution >= 0.6 is 11.3 Å². The summed E-state index contributed by atoms with van der Waals surface area (Å²) in [5.74, 6) is 1.18. The van der Waals surface area contributed by atoms with Gasteiger partial charge in [-0.05, 0) is 6.42 Å². The van der Waals surface area contributed by atoms with Gasteiger partial charge in [0.05, 0.1) is 12.4 Å². The van der Waals surface area contributed by atoms with Gasteiger partial charge in [0.2, 0.25) is 0 Å². The molecule has 104 valence electrons. The first-order valence-corrected chi connectivity index (χ1v) is 7.98. The van der Waals surface area contributed by atoms with Crippen molar-refractivity contribution in [3.63, 3.8) is 0 Å². The van der Waals surface area contributed by atoms with E-state index in [2.05, 4.69) is 0 Å². The summed E-state index contributed by atoms with van der Waals surface area (Å²) in [6.45, 7) is 1.01. The summed E-state index contributed by atoms with van der Waals surface area (Å²) in [6, 6.07) is 0. The molecule has 1 aliphatic heterocycles. The van der Waals surface area contributed by atoms with E-state index in [9.17, 15) is 8.42 Å². The van der Waals surface area contributed by atoms with Crippen LogP contribution in [0.15, 0.2) is 10.8 Å². The average Bonchev–Trinajstić information content (AvgIpc) is 2.74. The molecule has 1 aliphatic rings. The molecule has 1 aromatic rings.